The molecule has 160 valence electrons. The van der Waals surface area contributed by atoms with E-state index in [4.69, 9.17) is 0 Å². The van der Waals surface area contributed by atoms with Gasteiger partial charge in [0.05, 0.1) is 6.07 Å². The zero-order chi connectivity index (χ0) is 22.3. The van der Waals surface area contributed by atoms with Gasteiger partial charge in [0, 0.05) is 24.8 Å². The number of hydrogen-bond donors (Lipinski definition) is 1. The highest BCUT2D eigenvalue weighted by Gasteiger charge is 2.59. The molecule has 0 spiro atoms. The summed E-state index contributed by atoms with van der Waals surface area (Å²) < 4.78 is 0. The Morgan fingerprint density at radius 3 is 2.53 bits per heavy atom. The molecule has 1 amide bonds. The van der Waals surface area contributed by atoms with Gasteiger partial charge in [-0.3, -0.25) is 4.79 Å². The third-order valence-corrected chi connectivity index (χ3v) is 7.14. The molecule has 1 heterocycles. The van der Waals surface area contributed by atoms with Crippen LogP contribution in [-0.4, -0.2) is 22.1 Å². The number of piperidine rings is 1. The molecule has 0 saturated carbocycles. The van der Waals surface area contributed by atoms with Crippen LogP contribution in [0.25, 0.3) is 10.8 Å². The van der Waals surface area contributed by atoms with Gasteiger partial charge in [-0.1, -0.05) is 84.4 Å². The van der Waals surface area contributed by atoms with Crippen molar-refractivity contribution in [2.45, 2.75) is 38.5 Å². The number of amides is 1. The van der Waals surface area contributed by atoms with E-state index < -0.39 is 11.6 Å². The van der Waals surface area contributed by atoms with E-state index in [9.17, 15) is 15.2 Å². The molecule has 0 unspecified atom stereocenters. The molecule has 5 rings (SSSR count). The predicted molar refractivity (Wildman–Crippen MR) is 124 cm³/mol. The number of benzene rings is 3. The second-order valence-corrected chi connectivity index (χ2v) is 9.10. The van der Waals surface area contributed by atoms with Gasteiger partial charge in [-0.05, 0) is 35.2 Å². The lowest BCUT2D eigenvalue weighted by Crippen LogP contribution is -2.59. The molecule has 4 nitrogen and oxygen atoms in total. The van der Waals surface area contributed by atoms with Crippen LogP contribution in [-0.2, 0) is 11.3 Å². The number of hydrogen-bond acceptors (Lipinski definition) is 3. The molecule has 0 bridgehead atoms. The molecule has 2 aliphatic rings. The highest BCUT2D eigenvalue weighted by molar-refractivity contribution is 5.90. The summed E-state index contributed by atoms with van der Waals surface area (Å²) in [5, 5.41) is 23.7. The molecule has 4 heteroatoms. The largest absolute Gasteiger partial charge is 0.373 e. The van der Waals surface area contributed by atoms with Crippen molar-refractivity contribution in [3.8, 4) is 6.07 Å². The summed E-state index contributed by atoms with van der Waals surface area (Å²) in [5.74, 6) is -0.841. The lowest BCUT2D eigenvalue weighted by molar-refractivity contribution is -0.166. The van der Waals surface area contributed by atoms with Gasteiger partial charge in [-0.25, -0.2) is 0 Å². The standard InChI is InChI=1S/C28H26N2O2/c1-19-13-24-16-26(31)30(17-20-7-3-2-4-8-20)27(32)28(24,18-29)25(14-19)23-12-11-21-9-5-6-10-22(21)15-23/h2-13,15,24-26,31H,14,16-17H2,1H3/t24-,25+,26+,28+/m1/s1. The summed E-state index contributed by atoms with van der Waals surface area (Å²) in [6, 6.07) is 26.5. The Labute approximate surface area is 188 Å². The number of rotatable bonds is 3. The highest BCUT2D eigenvalue weighted by Crippen LogP contribution is 2.55. The van der Waals surface area contributed by atoms with Crippen molar-refractivity contribution in [1.29, 1.82) is 5.26 Å². The monoisotopic (exact) mass is 422 g/mol. The van der Waals surface area contributed by atoms with E-state index >= 15 is 0 Å². The minimum atomic E-state index is -1.23. The van der Waals surface area contributed by atoms with Gasteiger partial charge < -0.3 is 10.0 Å². The zero-order valence-corrected chi connectivity index (χ0v) is 18.1. The lowest BCUT2D eigenvalue weighted by Gasteiger charge is -2.50. The molecule has 1 N–H and O–H groups in total. The molecule has 32 heavy (non-hydrogen) atoms. The second kappa shape index (κ2) is 7.93. The average Bonchev–Trinajstić information content (AvgIpc) is 2.81. The van der Waals surface area contributed by atoms with Gasteiger partial charge in [-0.15, -0.1) is 0 Å². The van der Waals surface area contributed by atoms with Crippen LogP contribution < -0.4 is 0 Å². The Kier molecular flexibility index (Phi) is 5.07. The first-order valence-electron chi connectivity index (χ1n) is 11.1. The Morgan fingerprint density at radius 1 is 1.06 bits per heavy atom. The SMILES string of the molecule is CC1=C[C@@H]2C[C@H](O)N(Cc3ccccc3)C(=O)[C@]2(C#N)[C@H](c2ccc3ccccc3c2)C1. The first-order chi connectivity index (χ1) is 15.5. The first-order valence-corrected chi connectivity index (χ1v) is 11.1. The predicted octanol–water partition coefficient (Wildman–Crippen LogP) is 5.15. The van der Waals surface area contributed by atoms with Crippen LogP contribution in [0.3, 0.4) is 0 Å². The Balaban J connectivity index is 1.60. The summed E-state index contributed by atoms with van der Waals surface area (Å²) in [6.07, 6.45) is 2.16. The third kappa shape index (κ3) is 3.21. The number of carbonyl (C=O) groups is 1. The van der Waals surface area contributed by atoms with Gasteiger partial charge in [0.2, 0.25) is 5.91 Å². The third-order valence-electron chi connectivity index (χ3n) is 7.14. The van der Waals surface area contributed by atoms with Crippen molar-refractivity contribution in [2.24, 2.45) is 11.3 Å². The van der Waals surface area contributed by atoms with Crippen LogP contribution >= 0.6 is 0 Å². The van der Waals surface area contributed by atoms with Crippen LogP contribution in [0.15, 0.2) is 84.4 Å². The van der Waals surface area contributed by atoms with Gasteiger partial charge in [0.25, 0.3) is 0 Å². The van der Waals surface area contributed by atoms with E-state index in [2.05, 4.69) is 43.3 Å². The number of aliphatic hydroxyl groups is 1. The van der Waals surface area contributed by atoms with Crippen LogP contribution in [0.5, 0.6) is 0 Å². The number of aliphatic hydroxyl groups excluding tert-OH is 1. The quantitative estimate of drug-likeness (QED) is 0.594. The molecule has 3 aromatic carbocycles. The van der Waals surface area contributed by atoms with Crippen LogP contribution in [0.1, 0.15) is 36.8 Å². The molecular weight excluding hydrogens is 396 g/mol. The van der Waals surface area contributed by atoms with Crippen molar-refractivity contribution in [2.75, 3.05) is 0 Å². The van der Waals surface area contributed by atoms with Crippen LogP contribution in [0.2, 0.25) is 0 Å². The molecule has 4 atom stereocenters. The first kappa shape index (κ1) is 20.5. The van der Waals surface area contributed by atoms with E-state index in [1.807, 2.05) is 48.5 Å². The fourth-order valence-electron chi connectivity index (χ4n) is 5.54. The smallest absolute Gasteiger partial charge is 0.246 e. The molecule has 1 saturated heterocycles. The Morgan fingerprint density at radius 2 is 1.78 bits per heavy atom. The van der Waals surface area contributed by atoms with Gasteiger partial charge in [0.1, 0.15) is 11.6 Å². The summed E-state index contributed by atoms with van der Waals surface area (Å²) in [7, 11) is 0. The zero-order valence-electron chi connectivity index (χ0n) is 18.1. The topological polar surface area (TPSA) is 64.3 Å². The van der Waals surface area contributed by atoms with Gasteiger partial charge in [0.15, 0.2) is 0 Å². The van der Waals surface area contributed by atoms with Crippen molar-refractivity contribution < 1.29 is 9.90 Å². The van der Waals surface area contributed by atoms with Crippen LogP contribution in [0, 0.1) is 22.7 Å². The average molecular weight is 423 g/mol. The maximum Gasteiger partial charge on any atom is 0.246 e. The Bertz CT molecular complexity index is 1240. The van der Waals surface area contributed by atoms with Gasteiger partial charge >= 0.3 is 0 Å². The minimum Gasteiger partial charge on any atom is -0.373 e. The van der Waals surface area contributed by atoms with Crippen molar-refractivity contribution in [3.05, 3.63) is 95.6 Å². The number of nitrogens with zero attached hydrogens (tertiary/aromatic N) is 2. The normalized spacial score (nSPS) is 27.5. The maximum atomic E-state index is 14.0. The van der Waals surface area contributed by atoms with Crippen molar-refractivity contribution >= 4 is 16.7 Å². The van der Waals surface area contributed by atoms with E-state index in [1.165, 1.54) is 4.90 Å². The minimum absolute atomic E-state index is 0.259. The maximum absolute atomic E-state index is 14.0. The van der Waals surface area contributed by atoms with E-state index in [0.29, 0.717) is 19.4 Å². The lowest BCUT2D eigenvalue weighted by atomic mass is 9.56. The summed E-state index contributed by atoms with van der Waals surface area (Å²) in [6.45, 7) is 2.35. The van der Waals surface area contributed by atoms with E-state index in [1.54, 1.807) is 0 Å². The number of carbonyl (C=O) groups excluding carboxylic acids is 1. The van der Waals surface area contributed by atoms with Crippen molar-refractivity contribution in [1.82, 2.24) is 4.90 Å². The molecule has 1 aliphatic carbocycles. The summed E-state index contributed by atoms with van der Waals surface area (Å²) >= 11 is 0. The number of allylic oxidation sites excluding steroid dienone is 2. The fraction of sp³-hybridized carbons (Fsp3) is 0.286. The molecule has 1 aliphatic heterocycles. The number of nitriles is 1. The van der Waals surface area contributed by atoms with Gasteiger partial charge in [-0.2, -0.15) is 5.26 Å². The Hall–Kier alpha value is -3.42. The molecule has 1 fully saturated rings. The van der Waals surface area contributed by atoms with E-state index in [-0.39, 0.29) is 17.7 Å². The number of likely N-dealkylation sites (tertiary alicyclic amines) is 1. The molecule has 3 aromatic rings. The van der Waals surface area contributed by atoms with E-state index in [0.717, 1.165) is 27.5 Å². The second-order valence-electron chi connectivity index (χ2n) is 9.10. The summed E-state index contributed by atoms with van der Waals surface area (Å²) in [4.78, 5) is 15.5. The molecular formula is C28H26N2O2. The number of fused-ring (bicyclic) bond motifs is 2. The summed E-state index contributed by atoms with van der Waals surface area (Å²) in [5.41, 5.74) is 1.88. The van der Waals surface area contributed by atoms with Crippen LogP contribution in [0.4, 0.5) is 0 Å². The molecule has 0 radical (unpaired) electrons. The van der Waals surface area contributed by atoms with Crippen molar-refractivity contribution in [3.63, 3.8) is 0 Å². The fourth-order valence-corrected chi connectivity index (χ4v) is 5.54. The highest BCUT2D eigenvalue weighted by atomic mass is 16.3. The molecule has 0 aromatic heterocycles.